The van der Waals surface area contributed by atoms with Crippen molar-refractivity contribution in [2.75, 3.05) is 19.1 Å². The van der Waals surface area contributed by atoms with Crippen LogP contribution in [0.15, 0.2) is 29.6 Å². The Balaban J connectivity index is 1.76. The molecule has 1 spiro atoms. The third-order valence-electron chi connectivity index (χ3n) is 5.93. The second kappa shape index (κ2) is 6.08. The minimum Gasteiger partial charge on any atom is -0.493 e. The first-order chi connectivity index (χ1) is 13.5. The first-order valence-corrected chi connectivity index (χ1v) is 9.63. The fourth-order valence-electron chi connectivity index (χ4n) is 4.43. The number of ether oxygens (including phenoxy) is 2. The van der Waals surface area contributed by atoms with Crippen molar-refractivity contribution >= 4 is 17.3 Å². The number of fused-ring (bicyclic) bond motifs is 2. The van der Waals surface area contributed by atoms with Crippen LogP contribution in [0.3, 0.4) is 0 Å². The molecular formula is C21H19ClF2N2O2. The Morgan fingerprint density at radius 3 is 2.25 bits per heavy atom. The van der Waals surface area contributed by atoms with Gasteiger partial charge in [-0.25, -0.2) is 13.8 Å². The highest BCUT2D eigenvalue weighted by molar-refractivity contribution is 6.29. The third kappa shape index (κ3) is 2.43. The summed E-state index contributed by atoms with van der Waals surface area (Å²) in [6.45, 7) is 0.324. The van der Waals surface area contributed by atoms with Gasteiger partial charge in [-0.15, -0.1) is 0 Å². The zero-order valence-corrected chi connectivity index (χ0v) is 16.4. The minimum absolute atomic E-state index is 0.0433. The molecule has 0 radical (unpaired) electrons. The molecule has 2 heterocycles. The van der Waals surface area contributed by atoms with Gasteiger partial charge in [0.05, 0.1) is 14.2 Å². The quantitative estimate of drug-likeness (QED) is 0.664. The number of methoxy groups -OCH3 is 2. The normalized spacial score (nSPS) is 19.0. The molecule has 0 unspecified atom stereocenters. The fraction of sp³-hybridized carbons (Fsp3) is 0.381. The van der Waals surface area contributed by atoms with Gasteiger partial charge in [-0.3, -0.25) is 0 Å². The summed E-state index contributed by atoms with van der Waals surface area (Å²) in [5, 5.41) is 0.444. The lowest BCUT2D eigenvalue weighted by Crippen LogP contribution is -2.37. The predicted octanol–water partition coefficient (Wildman–Crippen LogP) is 5.13. The number of aromatic nitrogens is 1. The second-order valence-electron chi connectivity index (χ2n) is 7.54. The summed E-state index contributed by atoms with van der Waals surface area (Å²) >= 11 is 6.16. The van der Waals surface area contributed by atoms with E-state index < -0.39 is 11.6 Å². The molecule has 5 rings (SSSR count). The molecule has 2 aliphatic carbocycles. The molecule has 0 saturated heterocycles. The number of rotatable bonds is 3. The smallest absolute Gasteiger partial charge is 0.191 e. The van der Waals surface area contributed by atoms with Crippen LogP contribution in [0, 0.1) is 11.6 Å². The first-order valence-electron chi connectivity index (χ1n) is 9.25. The molecule has 2 fully saturated rings. The second-order valence-corrected chi connectivity index (χ2v) is 7.93. The summed E-state index contributed by atoms with van der Waals surface area (Å²) in [6, 6.07) is 3.15. The van der Waals surface area contributed by atoms with Crippen molar-refractivity contribution in [3.63, 3.8) is 0 Å². The SMILES string of the molecule is COc1cc(OC)c(F)c(N2Cc3cnc(Cl)cc3C3(CC3)C2=C2CC2)c1F. The van der Waals surface area contributed by atoms with E-state index in [0.717, 1.165) is 42.5 Å². The van der Waals surface area contributed by atoms with Gasteiger partial charge in [-0.2, -0.15) is 0 Å². The molecule has 146 valence electrons. The van der Waals surface area contributed by atoms with Crippen LogP contribution < -0.4 is 14.4 Å². The number of nitrogens with zero attached hydrogens (tertiary/aromatic N) is 2. The number of pyridine rings is 1. The molecule has 1 aromatic heterocycles. The summed E-state index contributed by atoms with van der Waals surface area (Å²) in [6.07, 6.45) is 5.48. The van der Waals surface area contributed by atoms with Crippen molar-refractivity contribution in [1.29, 1.82) is 0 Å². The molecule has 4 nitrogen and oxygen atoms in total. The van der Waals surface area contributed by atoms with Gasteiger partial charge in [0.2, 0.25) is 0 Å². The van der Waals surface area contributed by atoms with E-state index in [4.69, 9.17) is 21.1 Å². The topological polar surface area (TPSA) is 34.6 Å². The largest absolute Gasteiger partial charge is 0.493 e. The summed E-state index contributed by atoms with van der Waals surface area (Å²) in [5.41, 5.74) is 3.96. The lowest BCUT2D eigenvalue weighted by atomic mass is 9.83. The molecule has 0 amide bonds. The summed E-state index contributed by atoms with van der Waals surface area (Å²) < 4.78 is 40.9. The molecule has 1 aliphatic heterocycles. The fourth-order valence-corrected chi connectivity index (χ4v) is 4.58. The summed E-state index contributed by atoms with van der Waals surface area (Å²) in [4.78, 5) is 5.96. The van der Waals surface area contributed by atoms with Crippen LogP contribution in [-0.4, -0.2) is 19.2 Å². The van der Waals surface area contributed by atoms with E-state index in [1.165, 1.54) is 25.9 Å². The lowest BCUT2D eigenvalue weighted by molar-refractivity contribution is 0.358. The van der Waals surface area contributed by atoms with Crippen molar-refractivity contribution in [2.24, 2.45) is 0 Å². The number of halogens is 3. The Morgan fingerprint density at radius 1 is 1.07 bits per heavy atom. The van der Waals surface area contributed by atoms with Crippen molar-refractivity contribution in [3.05, 3.63) is 57.5 Å². The van der Waals surface area contributed by atoms with E-state index in [-0.39, 0.29) is 22.6 Å². The number of anilines is 1. The predicted molar refractivity (Wildman–Crippen MR) is 102 cm³/mol. The average Bonchev–Trinajstić information content (AvgIpc) is 3.60. The maximum absolute atomic E-state index is 15.3. The van der Waals surface area contributed by atoms with Gasteiger partial charge in [0.15, 0.2) is 23.1 Å². The molecule has 2 saturated carbocycles. The van der Waals surface area contributed by atoms with Gasteiger partial charge in [-0.05, 0) is 48.4 Å². The van der Waals surface area contributed by atoms with Crippen LogP contribution in [-0.2, 0) is 12.0 Å². The molecule has 0 bridgehead atoms. The highest BCUT2D eigenvalue weighted by Gasteiger charge is 2.56. The number of hydrogen-bond acceptors (Lipinski definition) is 4. The summed E-state index contributed by atoms with van der Waals surface area (Å²) in [5.74, 6) is -1.53. The van der Waals surface area contributed by atoms with Gasteiger partial charge in [-0.1, -0.05) is 11.6 Å². The van der Waals surface area contributed by atoms with E-state index in [1.807, 2.05) is 6.07 Å². The molecule has 2 aromatic rings. The van der Waals surface area contributed by atoms with Crippen molar-refractivity contribution in [1.82, 2.24) is 4.98 Å². The molecule has 0 N–H and O–H groups in total. The van der Waals surface area contributed by atoms with Crippen molar-refractivity contribution in [3.8, 4) is 11.5 Å². The van der Waals surface area contributed by atoms with Crippen LogP contribution in [0.1, 0.15) is 36.8 Å². The zero-order valence-electron chi connectivity index (χ0n) is 15.6. The van der Waals surface area contributed by atoms with E-state index in [2.05, 4.69) is 4.98 Å². The Hall–Kier alpha value is -2.34. The highest BCUT2D eigenvalue weighted by atomic mass is 35.5. The standard InChI is InChI=1S/C21H19ClF2N2O2/c1-27-14-8-15(28-2)18(24)19(17(14)23)26-10-12-9-25-16(22)7-13(12)21(5-6-21)20(26)11-3-4-11/h7-9H,3-6,10H2,1-2H3. The molecule has 1 aromatic carbocycles. The van der Waals surface area contributed by atoms with E-state index in [1.54, 1.807) is 11.1 Å². The van der Waals surface area contributed by atoms with E-state index >= 15 is 8.78 Å². The number of benzene rings is 1. The molecule has 7 heteroatoms. The monoisotopic (exact) mass is 404 g/mol. The van der Waals surface area contributed by atoms with Gasteiger partial charge >= 0.3 is 0 Å². The first kappa shape index (κ1) is 17.7. The number of hydrogen-bond donors (Lipinski definition) is 0. The van der Waals surface area contributed by atoms with Gasteiger partial charge in [0, 0.05) is 29.9 Å². The van der Waals surface area contributed by atoms with Crippen molar-refractivity contribution < 1.29 is 18.3 Å². The third-order valence-corrected chi connectivity index (χ3v) is 6.13. The van der Waals surface area contributed by atoms with Crippen LogP contribution >= 0.6 is 11.6 Å². The lowest BCUT2D eigenvalue weighted by Gasteiger charge is -2.40. The Morgan fingerprint density at radius 2 is 1.71 bits per heavy atom. The maximum atomic E-state index is 15.3. The Kier molecular flexibility index (Phi) is 3.85. The van der Waals surface area contributed by atoms with Gasteiger partial charge in [0.1, 0.15) is 10.8 Å². The van der Waals surface area contributed by atoms with E-state index in [0.29, 0.717) is 11.7 Å². The Bertz CT molecular complexity index is 999. The highest BCUT2D eigenvalue weighted by Crippen LogP contribution is 2.62. The van der Waals surface area contributed by atoms with Crippen molar-refractivity contribution in [2.45, 2.75) is 37.6 Å². The van der Waals surface area contributed by atoms with Crippen LogP contribution in [0.5, 0.6) is 11.5 Å². The summed E-state index contributed by atoms with van der Waals surface area (Å²) in [7, 11) is 2.72. The van der Waals surface area contributed by atoms with Gasteiger partial charge in [0.25, 0.3) is 0 Å². The maximum Gasteiger partial charge on any atom is 0.191 e. The van der Waals surface area contributed by atoms with Crippen LogP contribution in [0.2, 0.25) is 5.15 Å². The Labute approximate surface area is 166 Å². The molecule has 3 aliphatic rings. The minimum atomic E-state index is -0.722. The average molecular weight is 405 g/mol. The van der Waals surface area contributed by atoms with Gasteiger partial charge < -0.3 is 14.4 Å². The van der Waals surface area contributed by atoms with E-state index in [9.17, 15) is 0 Å². The zero-order chi connectivity index (χ0) is 19.6. The molecule has 28 heavy (non-hydrogen) atoms. The van der Waals surface area contributed by atoms with Crippen LogP contribution in [0.25, 0.3) is 0 Å². The molecule has 0 atom stereocenters. The number of allylic oxidation sites excluding steroid dienone is 2. The van der Waals surface area contributed by atoms with Crippen LogP contribution in [0.4, 0.5) is 14.5 Å². The molecular weight excluding hydrogens is 386 g/mol.